The van der Waals surface area contributed by atoms with Crippen molar-refractivity contribution in [2.24, 2.45) is 0 Å². The summed E-state index contributed by atoms with van der Waals surface area (Å²) in [7, 11) is 3.17. The standard InChI is InChI=1S/C19H21NO4/c1-4-10-24-17-9-8-15(12-18(17)23-3)19(21)20-16-7-5-6-14(11-16)13-22-2/h4-9,11-12H,1,10,13H2,2-3H3,(H,20,21). The molecule has 0 bridgehead atoms. The van der Waals surface area contributed by atoms with Crippen LogP contribution in [0.1, 0.15) is 15.9 Å². The summed E-state index contributed by atoms with van der Waals surface area (Å²) in [6.07, 6.45) is 1.65. The molecule has 0 aromatic heterocycles. The summed E-state index contributed by atoms with van der Waals surface area (Å²) >= 11 is 0. The second-order valence-corrected chi connectivity index (χ2v) is 5.05. The molecule has 0 aliphatic heterocycles. The van der Waals surface area contributed by atoms with Crippen LogP contribution < -0.4 is 14.8 Å². The van der Waals surface area contributed by atoms with Gasteiger partial charge in [-0.15, -0.1) is 0 Å². The van der Waals surface area contributed by atoms with Gasteiger partial charge in [-0.2, -0.15) is 0 Å². The highest BCUT2D eigenvalue weighted by molar-refractivity contribution is 6.04. The van der Waals surface area contributed by atoms with E-state index in [1.54, 1.807) is 31.4 Å². The first-order valence-corrected chi connectivity index (χ1v) is 7.49. The fraction of sp³-hybridized carbons (Fsp3) is 0.211. The van der Waals surface area contributed by atoms with Gasteiger partial charge >= 0.3 is 0 Å². The van der Waals surface area contributed by atoms with Crippen LogP contribution in [0.4, 0.5) is 5.69 Å². The zero-order valence-corrected chi connectivity index (χ0v) is 13.9. The molecule has 0 saturated carbocycles. The van der Waals surface area contributed by atoms with E-state index in [2.05, 4.69) is 11.9 Å². The third-order valence-electron chi connectivity index (χ3n) is 3.28. The molecule has 0 radical (unpaired) electrons. The van der Waals surface area contributed by atoms with E-state index in [0.717, 1.165) is 5.56 Å². The third-order valence-corrected chi connectivity index (χ3v) is 3.28. The summed E-state index contributed by atoms with van der Waals surface area (Å²) in [5.41, 5.74) is 2.18. The Hall–Kier alpha value is -2.79. The van der Waals surface area contributed by atoms with E-state index in [-0.39, 0.29) is 5.91 Å². The van der Waals surface area contributed by atoms with Crippen LogP contribution in [-0.4, -0.2) is 26.7 Å². The summed E-state index contributed by atoms with van der Waals surface area (Å²) in [6.45, 7) is 4.47. The van der Waals surface area contributed by atoms with Crippen LogP contribution in [0.25, 0.3) is 0 Å². The Morgan fingerprint density at radius 2 is 2.00 bits per heavy atom. The molecule has 0 fully saturated rings. The first-order valence-electron chi connectivity index (χ1n) is 7.49. The van der Waals surface area contributed by atoms with Gasteiger partial charge in [0.25, 0.3) is 5.91 Å². The number of hydrogen-bond donors (Lipinski definition) is 1. The molecular weight excluding hydrogens is 306 g/mol. The van der Waals surface area contributed by atoms with Gasteiger partial charge in [0.2, 0.25) is 0 Å². The minimum Gasteiger partial charge on any atom is -0.493 e. The molecule has 0 saturated heterocycles. The molecule has 0 heterocycles. The number of anilines is 1. The molecular formula is C19H21NO4. The average molecular weight is 327 g/mol. The van der Waals surface area contributed by atoms with Crippen molar-refractivity contribution in [1.29, 1.82) is 0 Å². The first kappa shape index (κ1) is 17.6. The number of amides is 1. The minimum atomic E-state index is -0.224. The largest absolute Gasteiger partial charge is 0.493 e. The molecule has 1 N–H and O–H groups in total. The first-order chi connectivity index (χ1) is 11.7. The van der Waals surface area contributed by atoms with E-state index in [0.29, 0.717) is 36.0 Å². The maximum Gasteiger partial charge on any atom is 0.255 e. The van der Waals surface area contributed by atoms with E-state index in [9.17, 15) is 4.79 Å². The predicted molar refractivity (Wildman–Crippen MR) is 93.8 cm³/mol. The lowest BCUT2D eigenvalue weighted by molar-refractivity contribution is 0.102. The van der Waals surface area contributed by atoms with E-state index < -0.39 is 0 Å². The monoisotopic (exact) mass is 327 g/mol. The predicted octanol–water partition coefficient (Wildman–Crippen LogP) is 3.66. The third kappa shape index (κ3) is 4.60. The smallest absolute Gasteiger partial charge is 0.255 e. The molecule has 126 valence electrons. The zero-order valence-electron chi connectivity index (χ0n) is 13.9. The van der Waals surface area contributed by atoms with Gasteiger partial charge in [-0.3, -0.25) is 4.79 Å². The summed E-state index contributed by atoms with van der Waals surface area (Å²) in [4.78, 5) is 12.4. The van der Waals surface area contributed by atoms with Crippen LogP contribution in [0.5, 0.6) is 11.5 Å². The maximum atomic E-state index is 12.4. The Bertz CT molecular complexity index is 712. The van der Waals surface area contributed by atoms with Crippen LogP contribution in [-0.2, 0) is 11.3 Å². The number of nitrogens with one attached hydrogen (secondary N) is 1. The van der Waals surface area contributed by atoms with Crippen molar-refractivity contribution in [1.82, 2.24) is 0 Å². The molecule has 2 aromatic rings. The van der Waals surface area contributed by atoms with E-state index in [4.69, 9.17) is 14.2 Å². The normalized spacial score (nSPS) is 10.1. The number of rotatable bonds is 8. The summed E-state index contributed by atoms with van der Waals surface area (Å²) in [6, 6.07) is 12.6. The Labute approximate surface area is 141 Å². The molecule has 0 atom stereocenters. The van der Waals surface area contributed by atoms with E-state index in [1.807, 2.05) is 24.3 Å². The van der Waals surface area contributed by atoms with Crippen LogP contribution in [0.3, 0.4) is 0 Å². The van der Waals surface area contributed by atoms with Gasteiger partial charge in [0, 0.05) is 18.4 Å². The highest BCUT2D eigenvalue weighted by atomic mass is 16.5. The molecule has 0 spiro atoms. The number of benzene rings is 2. The van der Waals surface area contributed by atoms with Crippen LogP contribution in [0.15, 0.2) is 55.1 Å². The molecule has 0 aliphatic carbocycles. The van der Waals surface area contributed by atoms with Crippen molar-refractivity contribution in [2.45, 2.75) is 6.61 Å². The van der Waals surface area contributed by atoms with Gasteiger partial charge in [0.15, 0.2) is 11.5 Å². The lowest BCUT2D eigenvalue weighted by atomic mass is 10.1. The van der Waals surface area contributed by atoms with Crippen molar-refractivity contribution in [3.8, 4) is 11.5 Å². The van der Waals surface area contributed by atoms with Crippen molar-refractivity contribution < 1.29 is 19.0 Å². The SMILES string of the molecule is C=CCOc1ccc(C(=O)Nc2cccc(COC)c2)cc1OC. The number of hydrogen-bond acceptors (Lipinski definition) is 4. The number of carbonyl (C=O) groups excluding carboxylic acids is 1. The second kappa shape index (κ2) is 8.74. The lowest BCUT2D eigenvalue weighted by Crippen LogP contribution is -2.12. The average Bonchev–Trinajstić information content (AvgIpc) is 2.60. The molecule has 0 unspecified atom stereocenters. The molecule has 5 nitrogen and oxygen atoms in total. The second-order valence-electron chi connectivity index (χ2n) is 5.05. The van der Waals surface area contributed by atoms with Gasteiger partial charge in [-0.1, -0.05) is 24.8 Å². The Balaban J connectivity index is 2.14. The molecule has 2 aromatic carbocycles. The van der Waals surface area contributed by atoms with Crippen molar-refractivity contribution in [2.75, 3.05) is 26.1 Å². The van der Waals surface area contributed by atoms with Crippen molar-refractivity contribution in [3.63, 3.8) is 0 Å². The van der Waals surface area contributed by atoms with Gasteiger partial charge < -0.3 is 19.5 Å². The molecule has 0 aliphatic rings. The Kier molecular flexibility index (Phi) is 6.40. The van der Waals surface area contributed by atoms with Gasteiger partial charge in [-0.05, 0) is 35.9 Å². The fourth-order valence-corrected chi connectivity index (χ4v) is 2.19. The van der Waals surface area contributed by atoms with Crippen LogP contribution in [0.2, 0.25) is 0 Å². The molecule has 24 heavy (non-hydrogen) atoms. The topological polar surface area (TPSA) is 56.8 Å². The fourth-order valence-electron chi connectivity index (χ4n) is 2.19. The van der Waals surface area contributed by atoms with Gasteiger partial charge in [0.05, 0.1) is 13.7 Å². The highest BCUT2D eigenvalue weighted by Crippen LogP contribution is 2.28. The Morgan fingerprint density at radius 3 is 2.71 bits per heavy atom. The summed E-state index contributed by atoms with van der Waals surface area (Å²) in [5, 5.41) is 2.86. The highest BCUT2D eigenvalue weighted by Gasteiger charge is 2.11. The molecule has 1 amide bonds. The lowest BCUT2D eigenvalue weighted by Gasteiger charge is -2.11. The maximum absolute atomic E-state index is 12.4. The van der Waals surface area contributed by atoms with E-state index in [1.165, 1.54) is 7.11 Å². The van der Waals surface area contributed by atoms with Crippen molar-refractivity contribution >= 4 is 11.6 Å². The molecule has 2 rings (SSSR count). The number of ether oxygens (including phenoxy) is 3. The van der Waals surface area contributed by atoms with Gasteiger partial charge in [-0.25, -0.2) is 0 Å². The van der Waals surface area contributed by atoms with E-state index >= 15 is 0 Å². The van der Waals surface area contributed by atoms with Crippen molar-refractivity contribution in [3.05, 3.63) is 66.2 Å². The van der Waals surface area contributed by atoms with Crippen LogP contribution >= 0.6 is 0 Å². The summed E-state index contributed by atoms with van der Waals surface area (Å²) < 4.78 is 15.9. The quantitative estimate of drug-likeness (QED) is 0.752. The zero-order chi connectivity index (χ0) is 17.4. The van der Waals surface area contributed by atoms with Gasteiger partial charge in [0.1, 0.15) is 6.61 Å². The Morgan fingerprint density at radius 1 is 1.17 bits per heavy atom. The molecule has 5 heteroatoms. The summed E-state index contributed by atoms with van der Waals surface area (Å²) in [5.74, 6) is 0.840. The van der Waals surface area contributed by atoms with Crippen LogP contribution in [0, 0.1) is 0 Å². The minimum absolute atomic E-state index is 0.224. The number of carbonyl (C=O) groups is 1. The number of methoxy groups -OCH3 is 2.